The minimum absolute atomic E-state index is 0.161. The van der Waals surface area contributed by atoms with Gasteiger partial charge in [-0.05, 0) is 43.2 Å². The van der Waals surface area contributed by atoms with Crippen molar-refractivity contribution in [1.82, 2.24) is 9.80 Å². The van der Waals surface area contributed by atoms with Gasteiger partial charge in [-0.2, -0.15) is 26.3 Å². The minimum atomic E-state index is -5.79. The quantitative estimate of drug-likeness (QED) is 0.483. The molecule has 0 atom stereocenters. The Balaban J connectivity index is 1.45. The number of halogens is 7. The summed E-state index contributed by atoms with van der Waals surface area (Å²) < 4.78 is 94.4. The molecule has 4 rings (SSSR count). The highest BCUT2D eigenvalue weighted by Gasteiger charge is 2.60. The molecule has 0 aliphatic carbocycles. The number of thiophene rings is 1. The second kappa shape index (κ2) is 8.58. The van der Waals surface area contributed by atoms with E-state index in [1.54, 1.807) is 17.0 Å². The Labute approximate surface area is 193 Å². The maximum absolute atomic E-state index is 14.0. The Bertz CT molecular complexity index is 1080. The van der Waals surface area contributed by atoms with Gasteiger partial charge in [0, 0.05) is 25.2 Å². The van der Waals surface area contributed by atoms with Gasteiger partial charge in [-0.25, -0.2) is 9.18 Å². The summed E-state index contributed by atoms with van der Waals surface area (Å²) in [5.74, 6) is -0.760. The van der Waals surface area contributed by atoms with Crippen LogP contribution in [0.25, 0.3) is 10.1 Å². The Morgan fingerprint density at radius 1 is 1.00 bits per heavy atom. The molecule has 1 spiro atoms. The predicted molar refractivity (Wildman–Crippen MR) is 108 cm³/mol. The van der Waals surface area contributed by atoms with Crippen LogP contribution >= 0.6 is 11.3 Å². The maximum Gasteiger partial charge on any atom is 0.434 e. The number of nitrogens with zero attached hydrogens (tertiary/aromatic N) is 2. The monoisotopic (exact) mass is 512 g/mol. The van der Waals surface area contributed by atoms with Gasteiger partial charge in [0.15, 0.2) is 0 Å². The molecule has 0 saturated carbocycles. The number of piperidine rings is 1. The summed E-state index contributed by atoms with van der Waals surface area (Å²) in [4.78, 5) is 28.1. The first-order valence-electron chi connectivity index (χ1n) is 10.4. The van der Waals surface area contributed by atoms with Crippen LogP contribution in [-0.4, -0.2) is 65.4 Å². The standard InChI is InChI=1S/C21H19F7N2O3S/c22-13-4-1-3-12-11-14(34-15(12)13)16(31)30-8-2-5-19(30)6-9-29(10-7-19)18(32)33-17(20(23,24)25)21(26,27)28/h1,3-4,11,17H,2,5-10H2. The molecule has 5 nitrogen and oxygen atoms in total. The molecule has 0 bridgehead atoms. The van der Waals surface area contributed by atoms with E-state index in [1.807, 2.05) is 0 Å². The van der Waals surface area contributed by atoms with Gasteiger partial charge in [-0.1, -0.05) is 12.1 Å². The molecule has 0 unspecified atom stereocenters. The summed E-state index contributed by atoms with van der Waals surface area (Å²) in [5.41, 5.74) is -0.684. The van der Waals surface area contributed by atoms with Gasteiger partial charge in [-0.3, -0.25) is 4.79 Å². The molecule has 34 heavy (non-hydrogen) atoms. The van der Waals surface area contributed by atoms with Crippen LogP contribution in [0.3, 0.4) is 0 Å². The third-order valence-electron chi connectivity index (χ3n) is 6.31. The molecule has 2 amide bonds. The lowest BCUT2D eigenvalue weighted by Gasteiger charge is -2.44. The number of amides is 2. The highest BCUT2D eigenvalue weighted by Crippen LogP contribution is 2.41. The molecule has 0 N–H and O–H groups in total. The van der Waals surface area contributed by atoms with Crippen molar-refractivity contribution >= 4 is 33.4 Å². The largest absolute Gasteiger partial charge is 0.434 e. The lowest BCUT2D eigenvalue weighted by atomic mass is 9.85. The van der Waals surface area contributed by atoms with E-state index in [2.05, 4.69) is 4.74 Å². The summed E-state index contributed by atoms with van der Waals surface area (Å²) in [5, 5.41) is 0.586. The lowest BCUT2D eigenvalue weighted by molar-refractivity contribution is -0.308. The van der Waals surface area contributed by atoms with E-state index in [4.69, 9.17) is 0 Å². The van der Waals surface area contributed by atoms with Crippen molar-refractivity contribution in [2.45, 2.75) is 49.7 Å². The molecule has 2 aromatic rings. The van der Waals surface area contributed by atoms with Gasteiger partial charge in [-0.15, -0.1) is 11.3 Å². The molecular formula is C21H19F7N2O3S. The Hall–Kier alpha value is -2.57. The van der Waals surface area contributed by atoms with Crippen LogP contribution in [0.5, 0.6) is 0 Å². The fraction of sp³-hybridized carbons (Fsp3) is 0.524. The maximum atomic E-state index is 14.0. The highest BCUT2D eigenvalue weighted by molar-refractivity contribution is 7.20. The molecule has 186 valence electrons. The first-order valence-corrected chi connectivity index (χ1v) is 11.2. The van der Waals surface area contributed by atoms with Crippen LogP contribution in [0.4, 0.5) is 35.5 Å². The average Bonchev–Trinajstić information content (AvgIpc) is 3.36. The van der Waals surface area contributed by atoms with Crippen LogP contribution < -0.4 is 0 Å². The number of ether oxygens (including phenoxy) is 1. The summed E-state index contributed by atoms with van der Waals surface area (Å²) in [6.07, 6.45) is -15.9. The zero-order valence-electron chi connectivity index (χ0n) is 17.5. The topological polar surface area (TPSA) is 49.9 Å². The van der Waals surface area contributed by atoms with E-state index < -0.39 is 35.9 Å². The van der Waals surface area contributed by atoms with E-state index in [0.29, 0.717) is 34.3 Å². The van der Waals surface area contributed by atoms with E-state index in [1.165, 1.54) is 12.1 Å². The van der Waals surface area contributed by atoms with Gasteiger partial charge in [0.05, 0.1) is 9.58 Å². The SMILES string of the molecule is O=C(OC(C(F)(F)F)C(F)(F)F)N1CCC2(CCCN2C(=O)c2cc3cccc(F)c3s2)CC1. The normalized spacial score (nSPS) is 18.8. The third-order valence-corrected chi connectivity index (χ3v) is 7.46. The van der Waals surface area contributed by atoms with Crippen molar-refractivity contribution in [3.05, 3.63) is 35.0 Å². The number of hydrogen-bond donors (Lipinski definition) is 0. The van der Waals surface area contributed by atoms with Gasteiger partial charge in [0.2, 0.25) is 0 Å². The number of likely N-dealkylation sites (tertiary alicyclic amines) is 2. The molecular weight excluding hydrogens is 493 g/mol. The van der Waals surface area contributed by atoms with Crippen LogP contribution in [0.15, 0.2) is 24.3 Å². The molecule has 2 aliphatic rings. The summed E-state index contributed by atoms with van der Waals surface area (Å²) in [6, 6.07) is 6.11. The Morgan fingerprint density at radius 2 is 1.65 bits per heavy atom. The molecule has 1 aromatic carbocycles. The number of fused-ring (bicyclic) bond motifs is 1. The van der Waals surface area contributed by atoms with E-state index >= 15 is 0 Å². The van der Waals surface area contributed by atoms with Gasteiger partial charge in [0.25, 0.3) is 12.0 Å². The number of hydrogen-bond acceptors (Lipinski definition) is 4. The second-order valence-corrected chi connectivity index (χ2v) is 9.44. The Morgan fingerprint density at radius 3 is 2.24 bits per heavy atom. The molecule has 1 aromatic heterocycles. The van der Waals surface area contributed by atoms with Crippen LogP contribution in [0.1, 0.15) is 35.4 Å². The predicted octanol–water partition coefficient (Wildman–Crippen LogP) is 5.74. The zero-order valence-corrected chi connectivity index (χ0v) is 18.3. The fourth-order valence-corrected chi connectivity index (χ4v) is 5.65. The zero-order chi connectivity index (χ0) is 24.9. The first kappa shape index (κ1) is 24.6. The van der Waals surface area contributed by atoms with E-state index in [9.17, 15) is 40.3 Å². The van der Waals surface area contributed by atoms with Crippen LogP contribution in [-0.2, 0) is 4.74 Å². The van der Waals surface area contributed by atoms with Crippen molar-refractivity contribution in [2.24, 2.45) is 0 Å². The van der Waals surface area contributed by atoms with Crippen molar-refractivity contribution in [1.29, 1.82) is 0 Å². The number of carbonyl (C=O) groups excluding carboxylic acids is 2. The number of rotatable bonds is 2. The lowest BCUT2D eigenvalue weighted by Crippen LogP contribution is -2.56. The van der Waals surface area contributed by atoms with Crippen LogP contribution in [0.2, 0.25) is 0 Å². The number of alkyl halides is 6. The molecule has 2 aliphatic heterocycles. The highest BCUT2D eigenvalue weighted by atomic mass is 32.1. The summed E-state index contributed by atoms with van der Waals surface area (Å²) in [7, 11) is 0. The fourth-order valence-electron chi connectivity index (χ4n) is 4.64. The van der Waals surface area contributed by atoms with Crippen molar-refractivity contribution in [2.75, 3.05) is 19.6 Å². The summed E-state index contributed by atoms with van der Waals surface area (Å²) >= 11 is 1.02. The van der Waals surface area contributed by atoms with E-state index in [0.717, 1.165) is 16.2 Å². The van der Waals surface area contributed by atoms with Crippen molar-refractivity contribution < 1.29 is 45.1 Å². The van der Waals surface area contributed by atoms with E-state index in [-0.39, 0.29) is 31.8 Å². The van der Waals surface area contributed by atoms with Gasteiger partial charge >= 0.3 is 18.4 Å². The minimum Gasteiger partial charge on any atom is -0.426 e. The third kappa shape index (κ3) is 4.53. The molecule has 13 heteroatoms. The molecule has 2 saturated heterocycles. The summed E-state index contributed by atoms with van der Waals surface area (Å²) in [6.45, 7) is 0.0857. The van der Waals surface area contributed by atoms with Crippen molar-refractivity contribution in [3.63, 3.8) is 0 Å². The van der Waals surface area contributed by atoms with Crippen molar-refractivity contribution in [3.8, 4) is 0 Å². The average molecular weight is 512 g/mol. The van der Waals surface area contributed by atoms with Gasteiger partial charge in [0.1, 0.15) is 5.82 Å². The molecule has 0 radical (unpaired) electrons. The molecule has 2 fully saturated rings. The second-order valence-electron chi connectivity index (χ2n) is 8.39. The molecule has 3 heterocycles. The number of benzene rings is 1. The first-order chi connectivity index (χ1) is 15.8. The van der Waals surface area contributed by atoms with Crippen LogP contribution in [0, 0.1) is 5.82 Å². The Kier molecular flexibility index (Phi) is 6.19. The number of carbonyl (C=O) groups is 2. The van der Waals surface area contributed by atoms with Gasteiger partial charge < -0.3 is 14.5 Å². The smallest absolute Gasteiger partial charge is 0.426 e.